The van der Waals surface area contributed by atoms with Crippen molar-refractivity contribution in [2.45, 2.75) is 44.7 Å². The quantitative estimate of drug-likeness (QED) is 0.723. The number of ketones is 1. The van der Waals surface area contributed by atoms with Gasteiger partial charge in [0.25, 0.3) is 0 Å². The van der Waals surface area contributed by atoms with Crippen LogP contribution < -0.4 is 11.1 Å². The molecule has 0 aromatic rings. The summed E-state index contributed by atoms with van der Waals surface area (Å²) in [5.74, 6) is 0.566. The summed E-state index contributed by atoms with van der Waals surface area (Å²) in [6.45, 7) is 4.80. The van der Waals surface area contributed by atoms with Crippen LogP contribution in [0.25, 0.3) is 0 Å². The van der Waals surface area contributed by atoms with Crippen LogP contribution in [0, 0.1) is 11.8 Å². The second kappa shape index (κ2) is 5.83. The van der Waals surface area contributed by atoms with Crippen LogP contribution in [0.15, 0.2) is 0 Å². The molecule has 0 aromatic heterocycles. The van der Waals surface area contributed by atoms with Crippen LogP contribution in [-0.4, -0.2) is 23.9 Å². The molecule has 3 N–H and O–H groups in total. The van der Waals surface area contributed by atoms with E-state index in [2.05, 4.69) is 12.2 Å². The minimum atomic E-state index is -0.321. The number of piperidine rings is 1. The Kier molecular flexibility index (Phi) is 5.03. The van der Waals surface area contributed by atoms with E-state index in [1.165, 1.54) is 0 Å². The van der Waals surface area contributed by atoms with Crippen LogP contribution in [-0.2, 0) is 4.79 Å². The van der Waals surface area contributed by atoms with E-state index in [0.717, 1.165) is 19.3 Å². The molecule has 0 aromatic carbocycles. The van der Waals surface area contributed by atoms with E-state index in [1.807, 2.05) is 6.92 Å². The van der Waals surface area contributed by atoms with Crippen LogP contribution in [0.2, 0.25) is 0 Å². The lowest BCUT2D eigenvalue weighted by Gasteiger charge is -2.33. The number of hydrogen-bond acceptors (Lipinski definition) is 3. The summed E-state index contributed by atoms with van der Waals surface area (Å²) in [5, 5.41) is 2.82. The monoisotopic (exact) mass is 232 g/mol. The summed E-state index contributed by atoms with van der Waals surface area (Å²) in [7, 11) is 0. The van der Waals surface area contributed by atoms with Gasteiger partial charge in [-0.15, -0.1) is 11.6 Å². The van der Waals surface area contributed by atoms with Crippen LogP contribution in [0.4, 0.5) is 0 Å². The van der Waals surface area contributed by atoms with Gasteiger partial charge in [0.1, 0.15) is 0 Å². The van der Waals surface area contributed by atoms with Crippen molar-refractivity contribution < 1.29 is 4.79 Å². The van der Waals surface area contributed by atoms with Gasteiger partial charge in [-0.2, -0.15) is 0 Å². The summed E-state index contributed by atoms with van der Waals surface area (Å²) in [6.07, 6.45) is 2.61. The molecule has 88 valence electrons. The number of carbonyl (C=O) groups is 1. The second-order valence-corrected chi connectivity index (χ2v) is 5.02. The lowest BCUT2D eigenvalue weighted by atomic mass is 9.82. The lowest BCUT2D eigenvalue weighted by molar-refractivity contribution is -0.124. The van der Waals surface area contributed by atoms with Crippen LogP contribution >= 0.6 is 11.6 Å². The third-order valence-electron chi connectivity index (χ3n) is 3.13. The molecular weight excluding hydrogens is 212 g/mol. The van der Waals surface area contributed by atoms with Gasteiger partial charge in [-0.1, -0.05) is 20.3 Å². The highest BCUT2D eigenvalue weighted by Crippen LogP contribution is 2.24. The highest BCUT2D eigenvalue weighted by Gasteiger charge is 2.33. The zero-order valence-corrected chi connectivity index (χ0v) is 10.3. The molecule has 0 bridgehead atoms. The Bertz CT molecular complexity index is 223. The van der Waals surface area contributed by atoms with Crippen LogP contribution in [0.3, 0.4) is 0 Å². The minimum Gasteiger partial charge on any atom is -0.316 e. The Morgan fingerprint density at radius 1 is 1.67 bits per heavy atom. The number of halogens is 1. The number of hydrogen-bond donors (Lipinski definition) is 2. The van der Waals surface area contributed by atoms with Gasteiger partial charge >= 0.3 is 0 Å². The van der Waals surface area contributed by atoms with Gasteiger partial charge in [0, 0.05) is 12.5 Å². The Hall–Kier alpha value is -0.120. The van der Waals surface area contributed by atoms with Crippen molar-refractivity contribution in [3.63, 3.8) is 0 Å². The van der Waals surface area contributed by atoms with Crippen molar-refractivity contribution in [2.24, 2.45) is 17.6 Å². The maximum absolute atomic E-state index is 12.0. The third-order valence-corrected chi connectivity index (χ3v) is 3.56. The Labute approximate surface area is 96.7 Å². The van der Waals surface area contributed by atoms with Crippen LogP contribution in [0.1, 0.15) is 33.1 Å². The molecule has 1 rings (SSSR count). The minimum absolute atomic E-state index is 0.0315. The van der Waals surface area contributed by atoms with Crippen molar-refractivity contribution in [1.29, 1.82) is 0 Å². The first kappa shape index (κ1) is 12.9. The molecule has 1 aliphatic heterocycles. The van der Waals surface area contributed by atoms with Gasteiger partial charge in [-0.25, -0.2) is 0 Å². The molecular formula is C11H21ClN2O. The van der Waals surface area contributed by atoms with Crippen molar-refractivity contribution >= 4 is 17.4 Å². The summed E-state index contributed by atoms with van der Waals surface area (Å²) in [6, 6.07) is 0. The van der Waals surface area contributed by atoms with Gasteiger partial charge in [0.2, 0.25) is 0 Å². The number of rotatable bonds is 4. The Balaban J connectivity index is 2.52. The summed E-state index contributed by atoms with van der Waals surface area (Å²) in [5.41, 5.74) is 5.77. The van der Waals surface area contributed by atoms with Gasteiger partial charge < -0.3 is 11.1 Å². The fraction of sp³-hybridized carbons (Fsp3) is 0.909. The maximum Gasteiger partial charge on any atom is 0.155 e. The molecule has 4 unspecified atom stereocenters. The molecule has 3 nitrogen and oxygen atoms in total. The van der Waals surface area contributed by atoms with Crippen molar-refractivity contribution in [3.05, 3.63) is 0 Å². The Morgan fingerprint density at radius 3 is 2.87 bits per heavy atom. The zero-order chi connectivity index (χ0) is 11.4. The highest BCUT2D eigenvalue weighted by molar-refractivity contribution is 6.31. The lowest BCUT2D eigenvalue weighted by Crippen LogP contribution is -2.51. The molecule has 1 saturated heterocycles. The fourth-order valence-electron chi connectivity index (χ4n) is 2.14. The molecule has 1 aliphatic rings. The molecule has 0 spiro atoms. The number of nitrogens with two attached hydrogens (primary N) is 1. The number of carbonyl (C=O) groups excluding carboxylic acids is 1. The van der Waals surface area contributed by atoms with Gasteiger partial charge in [0.15, 0.2) is 5.78 Å². The standard InChI is InChI=1S/C11H21ClN2O/c1-3-4-9(12)11(15)8-6-14-10(13)5-7(8)2/h7-10,14H,3-6,13H2,1-2H3. The first-order valence-corrected chi connectivity index (χ1v) is 6.16. The van der Waals surface area contributed by atoms with Gasteiger partial charge in [0.05, 0.1) is 11.5 Å². The first-order chi connectivity index (χ1) is 7.06. The second-order valence-electron chi connectivity index (χ2n) is 4.49. The van der Waals surface area contributed by atoms with Crippen molar-refractivity contribution in [1.82, 2.24) is 5.32 Å². The van der Waals surface area contributed by atoms with Crippen molar-refractivity contribution in [3.8, 4) is 0 Å². The molecule has 0 amide bonds. The van der Waals surface area contributed by atoms with Gasteiger partial charge in [-0.05, 0) is 18.8 Å². The van der Waals surface area contributed by atoms with E-state index in [1.54, 1.807) is 0 Å². The first-order valence-electron chi connectivity index (χ1n) is 5.73. The SMILES string of the molecule is CCCC(Cl)C(=O)C1CNC(N)CC1C. The molecule has 1 heterocycles. The summed E-state index contributed by atoms with van der Waals surface area (Å²) < 4.78 is 0. The Morgan fingerprint density at radius 2 is 2.33 bits per heavy atom. The predicted molar refractivity (Wildman–Crippen MR) is 62.8 cm³/mol. The van der Waals surface area contributed by atoms with Gasteiger partial charge in [-0.3, -0.25) is 4.79 Å². The molecule has 15 heavy (non-hydrogen) atoms. The van der Waals surface area contributed by atoms with E-state index in [9.17, 15) is 4.79 Å². The van der Waals surface area contributed by atoms with E-state index in [4.69, 9.17) is 17.3 Å². The predicted octanol–water partition coefficient (Wildman–Crippen LogP) is 1.49. The average molecular weight is 233 g/mol. The van der Waals surface area contributed by atoms with E-state index < -0.39 is 0 Å². The number of alkyl halides is 1. The molecule has 1 fully saturated rings. The smallest absolute Gasteiger partial charge is 0.155 e. The summed E-state index contributed by atoms with van der Waals surface area (Å²) >= 11 is 6.06. The molecule has 0 radical (unpaired) electrons. The average Bonchev–Trinajstić information content (AvgIpc) is 2.17. The topological polar surface area (TPSA) is 55.1 Å². The molecule has 0 saturated carbocycles. The molecule has 0 aliphatic carbocycles. The van der Waals surface area contributed by atoms with Crippen LogP contribution in [0.5, 0.6) is 0 Å². The van der Waals surface area contributed by atoms with E-state index in [-0.39, 0.29) is 23.2 Å². The number of Topliss-reactive ketones (excluding diaryl/α,β-unsaturated/α-hetero) is 1. The fourth-order valence-corrected chi connectivity index (χ4v) is 2.52. The van der Waals surface area contributed by atoms with E-state index in [0.29, 0.717) is 12.5 Å². The number of nitrogens with one attached hydrogen (secondary N) is 1. The molecule has 4 heteroatoms. The third kappa shape index (κ3) is 3.44. The maximum atomic E-state index is 12.0. The summed E-state index contributed by atoms with van der Waals surface area (Å²) in [4.78, 5) is 12.0. The highest BCUT2D eigenvalue weighted by atomic mass is 35.5. The normalized spacial score (nSPS) is 33.7. The molecule has 4 atom stereocenters. The largest absolute Gasteiger partial charge is 0.316 e. The van der Waals surface area contributed by atoms with E-state index >= 15 is 0 Å². The zero-order valence-electron chi connectivity index (χ0n) is 9.50. The van der Waals surface area contributed by atoms with Crippen molar-refractivity contribution in [2.75, 3.05) is 6.54 Å².